The first-order valence-electron chi connectivity index (χ1n) is 5.51. The molecule has 14 heavy (non-hydrogen) atoms. The van der Waals surface area contributed by atoms with Gasteiger partial charge in [-0.15, -0.1) is 0 Å². The Balaban J connectivity index is 2.24. The highest BCUT2D eigenvalue weighted by Crippen LogP contribution is 2.28. The van der Waals surface area contributed by atoms with Crippen LogP contribution in [0.5, 0.6) is 0 Å². The highest BCUT2D eigenvalue weighted by Gasteiger charge is 2.24. The van der Waals surface area contributed by atoms with E-state index in [4.69, 9.17) is 0 Å². The van der Waals surface area contributed by atoms with Crippen molar-refractivity contribution in [2.75, 3.05) is 6.54 Å². The Morgan fingerprint density at radius 3 is 2.43 bits per heavy atom. The van der Waals surface area contributed by atoms with Gasteiger partial charge in [0.25, 0.3) is 0 Å². The molecule has 2 nitrogen and oxygen atoms in total. The fourth-order valence-electron chi connectivity index (χ4n) is 1.76. The van der Waals surface area contributed by atoms with E-state index in [1.54, 1.807) is 0 Å². The second-order valence-electron chi connectivity index (χ2n) is 4.59. The molecular formula is C11H20INO. The summed E-state index contributed by atoms with van der Waals surface area (Å²) in [6, 6.07) is 0. The van der Waals surface area contributed by atoms with Gasteiger partial charge >= 0.3 is 0 Å². The summed E-state index contributed by atoms with van der Waals surface area (Å²) in [5.41, 5.74) is 0. The molecule has 3 heteroatoms. The predicted molar refractivity (Wildman–Crippen MR) is 67.6 cm³/mol. The molecule has 0 bridgehead atoms. The number of hydrogen-bond acceptors (Lipinski definition) is 1. The van der Waals surface area contributed by atoms with Crippen LogP contribution in [-0.4, -0.2) is 16.4 Å². The zero-order valence-corrected chi connectivity index (χ0v) is 11.2. The highest BCUT2D eigenvalue weighted by molar-refractivity contribution is 14.1. The quantitative estimate of drug-likeness (QED) is 0.630. The maximum Gasteiger partial charge on any atom is 0.223 e. The molecule has 0 aromatic rings. The van der Waals surface area contributed by atoms with E-state index in [9.17, 15) is 4.79 Å². The largest absolute Gasteiger partial charge is 0.356 e. The molecule has 1 aliphatic rings. The number of hydrogen-bond donors (Lipinski definition) is 1. The van der Waals surface area contributed by atoms with Crippen molar-refractivity contribution in [3.8, 4) is 0 Å². The Bertz CT molecular complexity index is 186. The van der Waals surface area contributed by atoms with Gasteiger partial charge in [-0.3, -0.25) is 4.79 Å². The third-order valence-corrected chi connectivity index (χ3v) is 3.96. The monoisotopic (exact) mass is 309 g/mol. The standard InChI is InChI=1S/C11H20INO/c1-8(2)7-13-11(14)9-3-5-10(12)6-4-9/h8-10H,3-7H2,1-2H3,(H,13,14)/t9-,10-. The van der Waals surface area contributed by atoms with Crippen LogP contribution in [0.4, 0.5) is 0 Å². The van der Waals surface area contributed by atoms with Gasteiger partial charge in [0.2, 0.25) is 5.91 Å². The van der Waals surface area contributed by atoms with Crippen LogP contribution < -0.4 is 5.32 Å². The van der Waals surface area contributed by atoms with Crippen LogP contribution in [0.1, 0.15) is 39.5 Å². The van der Waals surface area contributed by atoms with E-state index < -0.39 is 0 Å². The molecule has 0 spiro atoms. The summed E-state index contributed by atoms with van der Waals surface area (Å²) in [6.07, 6.45) is 4.58. The van der Waals surface area contributed by atoms with Crippen LogP contribution in [0.15, 0.2) is 0 Å². The lowest BCUT2D eigenvalue weighted by Crippen LogP contribution is -2.35. The summed E-state index contributed by atoms with van der Waals surface area (Å²) in [4.78, 5) is 11.7. The minimum absolute atomic E-state index is 0.280. The zero-order valence-electron chi connectivity index (χ0n) is 9.05. The number of carbonyl (C=O) groups is 1. The van der Waals surface area contributed by atoms with Crippen molar-refractivity contribution in [3.05, 3.63) is 0 Å². The second kappa shape index (κ2) is 5.93. The first-order chi connectivity index (χ1) is 6.59. The third kappa shape index (κ3) is 4.15. The topological polar surface area (TPSA) is 29.1 Å². The van der Waals surface area contributed by atoms with Crippen LogP contribution in [0.25, 0.3) is 0 Å². The maximum absolute atomic E-state index is 11.7. The minimum Gasteiger partial charge on any atom is -0.356 e. The smallest absolute Gasteiger partial charge is 0.223 e. The van der Waals surface area contributed by atoms with Crippen LogP contribution >= 0.6 is 22.6 Å². The molecule has 0 saturated heterocycles. The van der Waals surface area contributed by atoms with Gasteiger partial charge in [-0.1, -0.05) is 36.4 Å². The second-order valence-corrected chi connectivity index (χ2v) is 6.35. The van der Waals surface area contributed by atoms with Crippen molar-refractivity contribution in [2.24, 2.45) is 11.8 Å². The lowest BCUT2D eigenvalue weighted by atomic mass is 9.88. The number of alkyl halides is 1. The lowest BCUT2D eigenvalue weighted by molar-refractivity contribution is -0.126. The Hall–Kier alpha value is 0.200. The summed E-state index contributed by atoms with van der Waals surface area (Å²) in [5.74, 6) is 1.13. The first kappa shape index (κ1) is 12.3. The van der Waals surface area contributed by atoms with Gasteiger partial charge in [-0.05, 0) is 31.6 Å². The van der Waals surface area contributed by atoms with Crippen molar-refractivity contribution >= 4 is 28.5 Å². The molecule has 82 valence electrons. The molecule has 0 aliphatic heterocycles. The van der Waals surface area contributed by atoms with E-state index in [2.05, 4.69) is 41.8 Å². The Morgan fingerprint density at radius 2 is 1.93 bits per heavy atom. The van der Waals surface area contributed by atoms with Crippen LogP contribution in [0.3, 0.4) is 0 Å². The summed E-state index contributed by atoms with van der Waals surface area (Å²) in [6.45, 7) is 5.08. The number of amides is 1. The van der Waals surface area contributed by atoms with Crippen molar-refractivity contribution in [3.63, 3.8) is 0 Å². The molecule has 0 aromatic carbocycles. The SMILES string of the molecule is CC(C)CNC(=O)[C@H]1CC[C@H](I)CC1. The Kier molecular flexibility index (Phi) is 5.20. The van der Waals surface area contributed by atoms with Crippen molar-refractivity contribution < 1.29 is 4.79 Å². The normalized spacial score (nSPS) is 27.7. The number of rotatable bonds is 3. The number of carbonyl (C=O) groups excluding carboxylic acids is 1. The van der Waals surface area contributed by atoms with E-state index >= 15 is 0 Å². The number of halogens is 1. The molecule has 0 radical (unpaired) electrons. The van der Waals surface area contributed by atoms with Gasteiger partial charge < -0.3 is 5.32 Å². The van der Waals surface area contributed by atoms with Crippen molar-refractivity contribution in [1.29, 1.82) is 0 Å². The zero-order chi connectivity index (χ0) is 10.6. The molecule has 1 aliphatic carbocycles. The average molecular weight is 309 g/mol. The maximum atomic E-state index is 11.7. The first-order valence-corrected chi connectivity index (χ1v) is 6.76. The van der Waals surface area contributed by atoms with E-state index in [0.29, 0.717) is 11.8 Å². The molecule has 1 rings (SSSR count). The third-order valence-electron chi connectivity index (χ3n) is 2.71. The molecule has 0 heterocycles. The predicted octanol–water partition coefficient (Wildman–Crippen LogP) is 2.75. The summed E-state index contributed by atoms with van der Waals surface area (Å²) >= 11 is 2.49. The fourth-order valence-corrected chi connectivity index (χ4v) is 2.48. The van der Waals surface area contributed by atoms with Crippen molar-refractivity contribution in [2.45, 2.75) is 43.5 Å². The van der Waals surface area contributed by atoms with E-state index in [0.717, 1.165) is 23.3 Å². The van der Waals surface area contributed by atoms with Crippen molar-refractivity contribution in [1.82, 2.24) is 5.32 Å². The Labute approximate surface area is 100 Å². The molecule has 0 atom stereocenters. The highest BCUT2D eigenvalue weighted by atomic mass is 127. The van der Waals surface area contributed by atoms with Gasteiger partial charge in [0.15, 0.2) is 0 Å². The van der Waals surface area contributed by atoms with Gasteiger partial charge in [0.1, 0.15) is 0 Å². The van der Waals surface area contributed by atoms with E-state index in [1.807, 2.05) is 0 Å². The van der Waals surface area contributed by atoms with Crippen LogP contribution in [0, 0.1) is 11.8 Å². The van der Waals surface area contributed by atoms with Gasteiger partial charge in [-0.2, -0.15) is 0 Å². The molecule has 1 amide bonds. The van der Waals surface area contributed by atoms with E-state index in [1.165, 1.54) is 12.8 Å². The van der Waals surface area contributed by atoms with Crippen LogP contribution in [-0.2, 0) is 4.79 Å². The molecule has 0 aromatic heterocycles. The Morgan fingerprint density at radius 1 is 1.36 bits per heavy atom. The number of nitrogens with one attached hydrogen (secondary N) is 1. The molecule has 1 fully saturated rings. The molecule has 0 unspecified atom stereocenters. The summed E-state index contributed by atoms with van der Waals surface area (Å²) in [7, 11) is 0. The molecular weight excluding hydrogens is 289 g/mol. The van der Waals surface area contributed by atoms with Gasteiger partial charge in [0.05, 0.1) is 0 Å². The fraction of sp³-hybridized carbons (Fsp3) is 0.909. The summed E-state index contributed by atoms with van der Waals surface area (Å²) < 4.78 is 0.793. The lowest BCUT2D eigenvalue weighted by Gasteiger charge is -2.24. The minimum atomic E-state index is 0.280. The average Bonchev–Trinajstić information content (AvgIpc) is 2.15. The van der Waals surface area contributed by atoms with E-state index in [-0.39, 0.29) is 5.91 Å². The van der Waals surface area contributed by atoms with Gasteiger partial charge in [0, 0.05) is 16.4 Å². The molecule has 1 saturated carbocycles. The summed E-state index contributed by atoms with van der Waals surface area (Å²) in [5, 5.41) is 3.03. The van der Waals surface area contributed by atoms with Gasteiger partial charge in [-0.25, -0.2) is 0 Å². The van der Waals surface area contributed by atoms with Crippen LogP contribution in [0.2, 0.25) is 0 Å². The molecule has 1 N–H and O–H groups in total.